The van der Waals surface area contributed by atoms with Gasteiger partial charge < -0.3 is 10.1 Å². The van der Waals surface area contributed by atoms with Crippen LogP contribution < -0.4 is 10.1 Å². The molecule has 2 rings (SSSR count). The van der Waals surface area contributed by atoms with Crippen molar-refractivity contribution < 1.29 is 4.74 Å². The molecule has 0 aliphatic carbocycles. The van der Waals surface area contributed by atoms with Crippen LogP contribution in [-0.4, -0.2) is 16.9 Å². The summed E-state index contributed by atoms with van der Waals surface area (Å²) in [5, 5.41) is 8.01. The zero-order valence-corrected chi connectivity index (χ0v) is 12.7. The van der Waals surface area contributed by atoms with E-state index in [1.54, 1.807) is 7.11 Å². The molecule has 1 aromatic heterocycles. The van der Waals surface area contributed by atoms with Gasteiger partial charge in [-0.1, -0.05) is 6.92 Å². The van der Waals surface area contributed by atoms with E-state index in [1.165, 1.54) is 5.69 Å². The third-order valence-corrected chi connectivity index (χ3v) is 3.44. The summed E-state index contributed by atoms with van der Waals surface area (Å²) in [7, 11) is 1.70. The molecule has 0 fully saturated rings. The van der Waals surface area contributed by atoms with E-state index in [9.17, 15) is 0 Å². The molecule has 0 atom stereocenters. The Morgan fingerprint density at radius 3 is 2.65 bits per heavy atom. The standard InChI is InChI=1S/C16H23N3O/c1-5-13-10-15(19(6-2)18-13)11-17-14-7-8-16(20-4)12(3)9-14/h7-10,17H,5-6,11H2,1-4H3. The third kappa shape index (κ3) is 3.13. The normalized spacial score (nSPS) is 10.6. The molecule has 2 aromatic rings. The Balaban J connectivity index is 2.08. The lowest BCUT2D eigenvalue weighted by Gasteiger charge is -2.10. The number of methoxy groups -OCH3 is 1. The van der Waals surface area contributed by atoms with Gasteiger partial charge in [-0.15, -0.1) is 0 Å². The van der Waals surface area contributed by atoms with Gasteiger partial charge >= 0.3 is 0 Å². The highest BCUT2D eigenvalue weighted by Crippen LogP contribution is 2.21. The highest BCUT2D eigenvalue weighted by atomic mass is 16.5. The summed E-state index contributed by atoms with van der Waals surface area (Å²) in [6.45, 7) is 7.99. The van der Waals surface area contributed by atoms with E-state index >= 15 is 0 Å². The second kappa shape index (κ2) is 6.46. The number of hydrogen-bond donors (Lipinski definition) is 1. The number of ether oxygens (including phenoxy) is 1. The van der Waals surface area contributed by atoms with Crippen LogP contribution in [0.1, 0.15) is 30.8 Å². The number of rotatable bonds is 6. The van der Waals surface area contributed by atoms with Gasteiger partial charge in [0.15, 0.2) is 0 Å². The third-order valence-electron chi connectivity index (χ3n) is 3.44. The monoisotopic (exact) mass is 273 g/mol. The average molecular weight is 273 g/mol. The molecule has 1 N–H and O–H groups in total. The largest absolute Gasteiger partial charge is 0.496 e. The molecule has 1 aromatic carbocycles. The number of hydrogen-bond acceptors (Lipinski definition) is 3. The summed E-state index contributed by atoms with van der Waals surface area (Å²) in [5.74, 6) is 0.919. The maximum absolute atomic E-state index is 5.28. The highest BCUT2D eigenvalue weighted by Gasteiger charge is 2.06. The van der Waals surface area contributed by atoms with Crippen molar-refractivity contribution in [2.75, 3.05) is 12.4 Å². The molecule has 0 amide bonds. The number of nitrogens with one attached hydrogen (secondary N) is 1. The van der Waals surface area contributed by atoms with Gasteiger partial charge in [-0.25, -0.2) is 0 Å². The topological polar surface area (TPSA) is 39.1 Å². The van der Waals surface area contributed by atoms with Gasteiger partial charge in [-0.3, -0.25) is 4.68 Å². The smallest absolute Gasteiger partial charge is 0.121 e. The minimum absolute atomic E-state index is 0.784. The van der Waals surface area contributed by atoms with Crippen LogP contribution in [0.2, 0.25) is 0 Å². The zero-order chi connectivity index (χ0) is 14.5. The maximum Gasteiger partial charge on any atom is 0.121 e. The Kier molecular flexibility index (Phi) is 4.66. The van der Waals surface area contributed by atoms with Gasteiger partial charge in [0, 0.05) is 12.2 Å². The Morgan fingerprint density at radius 1 is 1.25 bits per heavy atom. The van der Waals surface area contributed by atoms with E-state index in [0.717, 1.165) is 42.2 Å². The van der Waals surface area contributed by atoms with Gasteiger partial charge in [0.2, 0.25) is 0 Å². The lowest BCUT2D eigenvalue weighted by Crippen LogP contribution is -2.08. The number of anilines is 1. The first-order valence-electron chi connectivity index (χ1n) is 7.12. The fraction of sp³-hybridized carbons (Fsp3) is 0.438. The van der Waals surface area contributed by atoms with Crippen molar-refractivity contribution in [3.05, 3.63) is 41.2 Å². The van der Waals surface area contributed by atoms with Crippen molar-refractivity contribution in [2.24, 2.45) is 0 Å². The summed E-state index contributed by atoms with van der Waals surface area (Å²) in [5.41, 5.74) is 4.60. The number of benzene rings is 1. The van der Waals surface area contributed by atoms with E-state index < -0.39 is 0 Å². The van der Waals surface area contributed by atoms with Crippen LogP contribution in [0.5, 0.6) is 5.75 Å². The Bertz CT molecular complexity index is 575. The van der Waals surface area contributed by atoms with E-state index in [4.69, 9.17) is 4.74 Å². The molecule has 0 unspecified atom stereocenters. The lowest BCUT2D eigenvalue weighted by molar-refractivity contribution is 0.412. The zero-order valence-electron chi connectivity index (χ0n) is 12.7. The Morgan fingerprint density at radius 2 is 2.05 bits per heavy atom. The molecule has 0 radical (unpaired) electrons. The fourth-order valence-corrected chi connectivity index (χ4v) is 2.28. The molecule has 0 spiro atoms. The predicted octanol–water partition coefficient (Wildman–Crippen LogP) is 3.39. The molecular formula is C16H23N3O. The van der Waals surface area contributed by atoms with Crippen LogP contribution in [0.4, 0.5) is 5.69 Å². The van der Waals surface area contributed by atoms with Crippen molar-refractivity contribution >= 4 is 5.69 Å². The predicted molar refractivity (Wildman–Crippen MR) is 82.3 cm³/mol. The van der Waals surface area contributed by atoms with Crippen molar-refractivity contribution in [1.29, 1.82) is 0 Å². The summed E-state index contributed by atoms with van der Waals surface area (Å²) in [6.07, 6.45) is 0.974. The van der Waals surface area contributed by atoms with Gasteiger partial charge in [0.05, 0.1) is 25.0 Å². The van der Waals surface area contributed by atoms with Gasteiger partial charge in [0.1, 0.15) is 5.75 Å². The molecule has 108 valence electrons. The van der Waals surface area contributed by atoms with Crippen molar-refractivity contribution in [3.8, 4) is 5.75 Å². The van der Waals surface area contributed by atoms with Crippen LogP contribution in [0.3, 0.4) is 0 Å². The van der Waals surface area contributed by atoms with E-state index in [0.29, 0.717) is 0 Å². The summed E-state index contributed by atoms with van der Waals surface area (Å²) < 4.78 is 7.33. The molecule has 0 saturated heterocycles. The first kappa shape index (κ1) is 14.4. The second-order valence-corrected chi connectivity index (χ2v) is 4.83. The van der Waals surface area contributed by atoms with Gasteiger partial charge in [-0.05, 0) is 50.1 Å². The van der Waals surface area contributed by atoms with E-state index in [-0.39, 0.29) is 0 Å². The number of aryl methyl sites for hydroxylation is 3. The molecular weight excluding hydrogens is 250 g/mol. The SMILES string of the molecule is CCc1cc(CNc2ccc(OC)c(C)c2)n(CC)n1. The van der Waals surface area contributed by atoms with Crippen LogP contribution >= 0.6 is 0 Å². The molecule has 20 heavy (non-hydrogen) atoms. The van der Waals surface area contributed by atoms with E-state index in [2.05, 4.69) is 48.0 Å². The van der Waals surface area contributed by atoms with Crippen molar-refractivity contribution in [2.45, 2.75) is 40.3 Å². The molecule has 4 heteroatoms. The summed E-state index contributed by atoms with van der Waals surface area (Å²) >= 11 is 0. The van der Waals surface area contributed by atoms with Crippen LogP contribution in [0, 0.1) is 6.92 Å². The van der Waals surface area contributed by atoms with Gasteiger partial charge in [-0.2, -0.15) is 5.10 Å². The minimum Gasteiger partial charge on any atom is -0.496 e. The first-order chi connectivity index (χ1) is 9.67. The van der Waals surface area contributed by atoms with Crippen LogP contribution in [0.25, 0.3) is 0 Å². The second-order valence-electron chi connectivity index (χ2n) is 4.83. The minimum atomic E-state index is 0.784. The average Bonchev–Trinajstić information content (AvgIpc) is 2.87. The first-order valence-corrected chi connectivity index (χ1v) is 7.12. The Labute approximate surface area is 120 Å². The number of aromatic nitrogens is 2. The highest BCUT2D eigenvalue weighted by molar-refractivity contribution is 5.50. The lowest BCUT2D eigenvalue weighted by atomic mass is 10.2. The van der Waals surface area contributed by atoms with Gasteiger partial charge in [0.25, 0.3) is 0 Å². The maximum atomic E-state index is 5.28. The summed E-state index contributed by atoms with van der Waals surface area (Å²) in [6, 6.07) is 8.31. The van der Waals surface area contributed by atoms with Crippen molar-refractivity contribution in [1.82, 2.24) is 9.78 Å². The summed E-state index contributed by atoms with van der Waals surface area (Å²) in [4.78, 5) is 0. The molecule has 0 saturated carbocycles. The molecule has 1 heterocycles. The van der Waals surface area contributed by atoms with Crippen molar-refractivity contribution in [3.63, 3.8) is 0 Å². The van der Waals surface area contributed by atoms with Crippen LogP contribution in [-0.2, 0) is 19.5 Å². The van der Waals surface area contributed by atoms with E-state index in [1.807, 2.05) is 12.1 Å². The molecule has 4 nitrogen and oxygen atoms in total. The molecule has 0 aliphatic rings. The quantitative estimate of drug-likeness (QED) is 0.876. The molecule has 0 aliphatic heterocycles. The van der Waals surface area contributed by atoms with Crippen LogP contribution in [0.15, 0.2) is 24.3 Å². The molecule has 0 bridgehead atoms. The Hall–Kier alpha value is -1.97. The number of nitrogens with zero attached hydrogens (tertiary/aromatic N) is 2. The fourth-order valence-electron chi connectivity index (χ4n) is 2.28.